The minimum Gasteiger partial charge on any atom is -0.444 e. The third kappa shape index (κ3) is 6.95. The van der Waals surface area contributed by atoms with Crippen molar-refractivity contribution in [2.45, 2.75) is 53.6 Å². The van der Waals surface area contributed by atoms with Gasteiger partial charge in [-0.05, 0) is 57.7 Å². The van der Waals surface area contributed by atoms with Gasteiger partial charge < -0.3 is 14.5 Å². The number of anilines is 1. The molecule has 1 aromatic rings. The molecule has 0 heterocycles. The maximum atomic E-state index is 12.1. The van der Waals surface area contributed by atoms with E-state index in [1.54, 1.807) is 11.9 Å². The molecule has 0 aliphatic rings. The molecule has 0 aliphatic heterocycles. The van der Waals surface area contributed by atoms with Gasteiger partial charge in [-0.25, -0.2) is 4.79 Å². The summed E-state index contributed by atoms with van der Waals surface area (Å²) in [4.78, 5) is 15.9. The molecule has 0 saturated heterocycles. The van der Waals surface area contributed by atoms with Crippen LogP contribution >= 0.6 is 0 Å². The van der Waals surface area contributed by atoms with E-state index in [0.717, 1.165) is 18.7 Å². The first-order chi connectivity index (χ1) is 12.1. The van der Waals surface area contributed by atoms with E-state index >= 15 is 0 Å². The minimum atomic E-state index is -0.505. The maximum absolute atomic E-state index is 12.1. The van der Waals surface area contributed by atoms with Gasteiger partial charge in [0.25, 0.3) is 0 Å². The lowest BCUT2D eigenvalue weighted by molar-refractivity contribution is 0.0303. The SMILES string of the molecule is CCN(CCN(C)C(=O)OC(C)(C)C)c1cc(CC(C)C)ccc1C#N. The fraction of sp³-hybridized carbons (Fsp3) is 0.619. The van der Waals surface area contributed by atoms with Gasteiger partial charge in [-0.1, -0.05) is 19.9 Å². The van der Waals surface area contributed by atoms with E-state index in [4.69, 9.17) is 4.74 Å². The molecule has 0 fully saturated rings. The highest BCUT2D eigenvalue weighted by atomic mass is 16.6. The molecule has 0 N–H and O–H groups in total. The van der Waals surface area contributed by atoms with Crippen molar-refractivity contribution in [1.82, 2.24) is 4.90 Å². The maximum Gasteiger partial charge on any atom is 0.410 e. The molecule has 0 saturated carbocycles. The number of benzene rings is 1. The van der Waals surface area contributed by atoms with E-state index in [2.05, 4.69) is 37.8 Å². The van der Waals surface area contributed by atoms with Crippen LogP contribution < -0.4 is 4.90 Å². The third-order valence-corrected chi connectivity index (χ3v) is 3.96. The van der Waals surface area contributed by atoms with Crippen LogP contribution in [-0.4, -0.2) is 43.3 Å². The number of likely N-dealkylation sites (N-methyl/N-ethyl adjacent to an activating group) is 2. The number of nitrogens with zero attached hydrogens (tertiary/aromatic N) is 3. The summed E-state index contributed by atoms with van der Waals surface area (Å²) in [7, 11) is 1.74. The van der Waals surface area contributed by atoms with Crippen LogP contribution in [0, 0.1) is 17.2 Å². The van der Waals surface area contributed by atoms with Crippen molar-refractivity contribution >= 4 is 11.8 Å². The van der Waals surface area contributed by atoms with E-state index in [9.17, 15) is 10.1 Å². The summed E-state index contributed by atoms with van der Waals surface area (Å²) in [5.41, 5.74) is 2.33. The normalized spacial score (nSPS) is 11.2. The molecule has 1 rings (SSSR count). The number of carbonyl (C=O) groups excluding carboxylic acids is 1. The molecule has 1 aromatic carbocycles. The standard InChI is InChI=1S/C21H33N3O2/c1-8-24(12-11-23(7)20(25)26-21(4,5)6)19-14-17(13-16(2)3)9-10-18(19)15-22/h9-10,14,16H,8,11-13H2,1-7H3. The Morgan fingerprint density at radius 1 is 1.27 bits per heavy atom. The van der Waals surface area contributed by atoms with Gasteiger partial charge in [0.15, 0.2) is 0 Å². The zero-order valence-corrected chi connectivity index (χ0v) is 17.3. The summed E-state index contributed by atoms with van der Waals surface area (Å²) in [5, 5.41) is 9.47. The fourth-order valence-electron chi connectivity index (χ4n) is 2.68. The van der Waals surface area contributed by atoms with Crippen LogP contribution in [0.1, 0.15) is 52.7 Å². The van der Waals surface area contributed by atoms with Crippen molar-refractivity contribution < 1.29 is 9.53 Å². The van der Waals surface area contributed by atoms with Gasteiger partial charge in [0, 0.05) is 26.7 Å². The van der Waals surface area contributed by atoms with E-state index in [1.807, 2.05) is 32.9 Å². The Bertz CT molecular complexity index is 642. The summed E-state index contributed by atoms with van der Waals surface area (Å²) in [6.07, 6.45) is 0.649. The van der Waals surface area contributed by atoms with Crippen LogP contribution in [-0.2, 0) is 11.2 Å². The molecule has 5 heteroatoms. The van der Waals surface area contributed by atoms with Crippen molar-refractivity contribution in [3.63, 3.8) is 0 Å². The molecular formula is C21H33N3O2. The molecule has 144 valence electrons. The van der Waals surface area contributed by atoms with E-state index in [-0.39, 0.29) is 6.09 Å². The van der Waals surface area contributed by atoms with Crippen molar-refractivity contribution in [2.24, 2.45) is 5.92 Å². The molecule has 0 bridgehead atoms. The van der Waals surface area contributed by atoms with Crippen molar-refractivity contribution in [1.29, 1.82) is 5.26 Å². The van der Waals surface area contributed by atoms with Crippen LogP contribution in [0.25, 0.3) is 0 Å². The van der Waals surface area contributed by atoms with Gasteiger partial charge in [-0.2, -0.15) is 5.26 Å². The van der Waals surface area contributed by atoms with Gasteiger partial charge in [0.2, 0.25) is 0 Å². The summed E-state index contributed by atoms with van der Waals surface area (Å²) in [6.45, 7) is 13.9. The van der Waals surface area contributed by atoms with Crippen LogP contribution in [0.3, 0.4) is 0 Å². The summed E-state index contributed by atoms with van der Waals surface area (Å²) in [5.74, 6) is 0.559. The summed E-state index contributed by atoms with van der Waals surface area (Å²) in [6, 6.07) is 8.32. The molecule has 5 nitrogen and oxygen atoms in total. The molecule has 1 amide bonds. The number of carbonyl (C=O) groups is 1. The predicted molar refractivity (Wildman–Crippen MR) is 106 cm³/mol. The number of hydrogen-bond acceptors (Lipinski definition) is 4. The van der Waals surface area contributed by atoms with Crippen LogP contribution in [0.2, 0.25) is 0 Å². The average Bonchev–Trinajstić information content (AvgIpc) is 2.53. The van der Waals surface area contributed by atoms with Crippen LogP contribution in [0.4, 0.5) is 10.5 Å². The lowest BCUT2D eigenvalue weighted by Crippen LogP contribution is -2.39. The quantitative estimate of drug-likeness (QED) is 0.722. The van der Waals surface area contributed by atoms with Gasteiger partial charge in [-0.15, -0.1) is 0 Å². The second-order valence-corrected chi connectivity index (χ2v) is 8.04. The van der Waals surface area contributed by atoms with Gasteiger partial charge in [0.1, 0.15) is 11.7 Å². The molecule has 0 spiro atoms. The molecular weight excluding hydrogens is 326 g/mol. The second-order valence-electron chi connectivity index (χ2n) is 8.04. The van der Waals surface area contributed by atoms with Crippen molar-refractivity contribution in [3.05, 3.63) is 29.3 Å². The Morgan fingerprint density at radius 3 is 2.42 bits per heavy atom. The van der Waals surface area contributed by atoms with Crippen molar-refractivity contribution in [2.75, 3.05) is 31.6 Å². The lowest BCUT2D eigenvalue weighted by Gasteiger charge is -2.29. The molecule has 0 atom stereocenters. The van der Waals surface area contributed by atoms with E-state index < -0.39 is 5.60 Å². The number of hydrogen-bond donors (Lipinski definition) is 0. The monoisotopic (exact) mass is 359 g/mol. The largest absolute Gasteiger partial charge is 0.444 e. The fourth-order valence-corrected chi connectivity index (χ4v) is 2.68. The molecule has 0 unspecified atom stereocenters. The number of amides is 1. The lowest BCUT2D eigenvalue weighted by atomic mass is 10.00. The highest BCUT2D eigenvalue weighted by Gasteiger charge is 2.20. The Morgan fingerprint density at radius 2 is 1.92 bits per heavy atom. The Balaban J connectivity index is 2.88. The van der Waals surface area contributed by atoms with Crippen LogP contribution in [0.15, 0.2) is 18.2 Å². The number of rotatable bonds is 7. The highest BCUT2D eigenvalue weighted by Crippen LogP contribution is 2.23. The van der Waals surface area contributed by atoms with Gasteiger partial charge in [0.05, 0.1) is 11.3 Å². The smallest absolute Gasteiger partial charge is 0.410 e. The molecule has 26 heavy (non-hydrogen) atoms. The first-order valence-corrected chi connectivity index (χ1v) is 9.29. The zero-order chi connectivity index (χ0) is 19.9. The first kappa shape index (κ1) is 21.8. The minimum absolute atomic E-state index is 0.331. The first-order valence-electron chi connectivity index (χ1n) is 9.29. The average molecular weight is 360 g/mol. The number of ether oxygens (including phenoxy) is 1. The summed E-state index contributed by atoms with van der Waals surface area (Å²) < 4.78 is 5.40. The molecule has 0 radical (unpaired) electrons. The Labute approximate surface area is 158 Å². The zero-order valence-electron chi connectivity index (χ0n) is 17.3. The van der Waals surface area contributed by atoms with Crippen LogP contribution in [0.5, 0.6) is 0 Å². The topological polar surface area (TPSA) is 56.6 Å². The van der Waals surface area contributed by atoms with E-state index in [0.29, 0.717) is 24.6 Å². The highest BCUT2D eigenvalue weighted by molar-refractivity contribution is 5.68. The molecule has 0 aromatic heterocycles. The van der Waals surface area contributed by atoms with Gasteiger partial charge >= 0.3 is 6.09 Å². The van der Waals surface area contributed by atoms with Gasteiger partial charge in [-0.3, -0.25) is 0 Å². The van der Waals surface area contributed by atoms with E-state index in [1.165, 1.54) is 5.56 Å². The molecule has 0 aliphatic carbocycles. The van der Waals surface area contributed by atoms with Crippen molar-refractivity contribution in [3.8, 4) is 6.07 Å². The third-order valence-electron chi connectivity index (χ3n) is 3.96. The number of nitriles is 1. The Hall–Kier alpha value is -2.22. The second kappa shape index (κ2) is 9.47. The Kier molecular flexibility index (Phi) is 7.95. The summed E-state index contributed by atoms with van der Waals surface area (Å²) >= 11 is 0. The predicted octanol–water partition coefficient (Wildman–Crippen LogP) is 4.45.